The molecule has 0 aromatic carbocycles. The first kappa shape index (κ1) is 12.4. The molecule has 0 saturated carbocycles. The third kappa shape index (κ3) is 2.93. The number of hydrogen-bond donors (Lipinski definition) is 4. The van der Waals surface area contributed by atoms with Crippen LogP contribution in [0.2, 0.25) is 0 Å². The van der Waals surface area contributed by atoms with Crippen molar-refractivity contribution >= 4 is 17.8 Å². The Morgan fingerprint density at radius 2 is 2.19 bits per heavy atom. The maximum absolute atomic E-state index is 11.5. The zero-order valence-electron chi connectivity index (χ0n) is 8.77. The van der Waals surface area contributed by atoms with Crippen LogP contribution in [0, 0.1) is 5.92 Å². The number of hydrogen-bond acceptors (Lipinski definition) is 4. The van der Waals surface area contributed by atoms with Gasteiger partial charge in [-0.25, -0.2) is 4.79 Å². The molecule has 4 N–H and O–H groups in total. The molecule has 1 aliphatic rings. The summed E-state index contributed by atoms with van der Waals surface area (Å²) >= 11 is 0. The van der Waals surface area contributed by atoms with Gasteiger partial charge in [0.25, 0.3) is 0 Å². The first-order valence-corrected chi connectivity index (χ1v) is 4.89. The lowest BCUT2D eigenvalue weighted by Gasteiger charge is -2.18. The zero-order chi connectivity index (χ0) is 12.3. The first-order chi connectivity index (χ1) is 7.41. The molecule has 7 heteroatoms. The van der Waals surface area contributed by atoms with E-state index in [1.54, 1.807) is 0 Å². The summed E-state index contributed by atoms with van der Waals surface area (Å²) in [4.78, 5) is 33.1. The van der Waals surface area contributed by atoms with Gasteiger partial charge in [0.05, 0.1) is 12.0 Å². The minimum absolute atomic E-state index is 0.0536. The van der Waals surface area contributed by atoms with E-state index in [2.05, 4.69) is 10.6 Å². The number of aliphatic hydroxyl groups excluding tert-OH is 1. The summed E-state index contributed by atoms with van der Waals surface area (Å²) in [6.45, 7) is 1.48. The van der Waals surface area contributed by atoms with Crippen molar-refractivity contribution in [3.8, 4) is 0 Å². The molecule has 1 heterocycles. The van der Waals surface area contributed by atoms with Gasteiger partial charge >= 0.3 is 5.97 Å². The van der Waals surface area contributed by atoms with Gasteiger partial charge < -0.3 is 20.8 Å². The largest absolute Gasteiger partial charge is 0.480 e. The Labute approximate surface area is 91.8 Å². The molecule has 0 bridgehead atoms. The van der Waals surface area contributed by atoms with Gasteiger partial charge in [0.15, 0.2) is 6.04 Å². The summed E-state index contributed by atoms with van der Waals surface area (Å²) in [5.74, 6) is -2.63. The first-order valence-electron chi connectivity index (χ1n) is 4.89. The van der Waals surface area contributed by atoms with Crippen LogP contribution in [-0.2, 0) is 14.4 Å². The highest BCUT2D eigenvalue weighted by Crippen LogP contribution is 2.09. The van der Waals surface area contributed by atoms with Crippen LogP contribution in [0.3, 0.4) is 0 Å². The summed E-state index contributed by atoms with van der Waals surface area (Å²) in [6, 6.07) is -1.34. The normalized spacial score (nSPS) is 23.4. The van der Waals surface area contributed by atoms with Crippen molar-refractivity contribution in [3.05, 3.63) is 0 Å². The van der Waals surface area contributed by atoms with Crippen LogP contribution < -0.4 is 10.6 Å². The van der Waals surface area contributed by atoms with Gasteiger partial charge in [-0.1, -0.05) is 0 Å². The molecule has 90 valence electrons. The fourth-order valence-corrected chi connectivity index (χ4v) is 1.45. The summed E-state index contributed by atoms with van der Waals surface area (Å²) in [5, 5.41) is 22.5. The SMILES string of the molecule is C[C@@H](O)[C@H](NC(=O)C1CNC(=O)C1)C(=O)O. The lowest BCUT2D eigenvalue weighted by molar-refractivity contribution is -0.145. The van der Waals surface area contributed by atoms with Gasteiger partial charge in [0.2, 0.25) is 11.8 Å². The fraction of sp³-hybridized carbons (Fsp3) is 0.667. The Kier molecular flexibility index (Phi) is 3.83. The van der Waals surface area contributed by atoms with E-state index in [1.807, 2.05) is 0 Å². The molecular formula is C9H14N2O5. The summed E-state index contributed by atoms with van der Waals surface area (Å²) < 4.78 is 0. The molecular weight excluding hydrogens is 216 g/mol. The molecule has 3 atom stereocenters. The van der Waals surface area contributed by atoms with E-state index in [0.717, 1.165) is 0 Å². The molecule has 1 fully saturated rings. The number of carboxylic acid groups (broad SMARTS) is 1. The Bertz CT molecular complexity index is 315. The van der Waals surface area contributed by atoms with Crippen LogP contribution >= 0.6 is 0 Å². The molecule has 0 radical (unpaired) electrons. The van der Waals surface area contributed by atoms with Crippen LogP contribution in [0.15, 0.2) is 0 Å². The number of rotatable bonds is 4. The highest BCUT2D eigenvalue weighted by molar-refractivity contribution is 5.91. The van der Waals surface area contributed by atoms with Crippen LogP contribution in [0.1, 0.15) is 13.3 Å². The molecule has 0 spiro atoms. The predicted octanol–water partition coefficient (Wildman–Crippen LogP) is -1.93. The number of nitrogens with one attached hydrogen (secondary N) is 2. The second-order valence-electron chi connectivity index (χ2n) is 3.77. The fourth-order valence-electron chi connectivity index (χ4n) is 1.45. The van der Waals surface area contributed by atoms with E-state index in [4.69, 9.17) is 10.2 Å². The van der Waals surface area contributed by atoms with Gasteiger partial charge in [-0.2, -0.15) is 0 Å². The van der Waals surface area contributed by atoms with Crippen LogP contribution in [0.25, 0.3) is 0 Å². The Morgan fingerprint density at radius 3 is 2.56 bits per heavy atom. The second kappa shape index (κ2) is 4.93. The number of carboxylic acids is 1. The van der Waals surface area contributed by atoms with Gasteiger partial charge in [0.1, 0.15) is 0 Å². The number of aliphatic hydroxyl groups is 1. The van der Waals surface area contributed by atoms with Crippen molar-refractivity contribution in [2.75, 3.05) is 6.54 Å². The minimum Gasteiger partial charge on any atom is -0.480 e. The smallest absolute Gasteiger partial charge is 0.328 e. The highest BCUT2D eigenvalue weighted by atomic mass is 16.4. The van der Waals surface area contributed by atoms with E-state index in [9.17, 15) is 14.4 Å². The Morgan fingerprint density at radius 1 is 1.56 bits per heavy atom. The summed E-state index contributed by atoms with van der Waals surface area (Å²) in [5.41, 5.74) is 0. The van der Waals surface area contributed by atoms with Gasteiger partial charge in [0, 0.05) is 13.0 Å². The molecule has 7 nitrogen and oxygen atoms in total. The highest BCUT2D eigenvalue weighted by Gasteiger charge is 2.32. The quantitative estimate of drug-likeness (QED) is 0.449. The molecule has 16 heavy (non-hydrogen) atoms. The van der Waals surface area contributed by atoms with Crippen LogP contribution in [0.4, 0.5) is 0 Å². The van der Waals surface area contributed by atoms with E-state index in [1.165, 1.54) is 6.92 Å². The molecule has 2 amide bonds. The molecule has 1 unspecified atom stereocenters. The van der Waals surface area contributed by atoms with Gasteiger partial charge in [-0.05, 0) is 6.92 Å². The lowest BCUT2D eigenvalue weighted by atomic mass is 10.1. The third-order valence-electron chi connectivity index (χ3n) is 2.39. The molecule has 1 saturated heterocycles. The number of amides is 2. The number of carbonyl (C=O) groups is 3. The zero-order valence-corrected chi connectivity index (χ0v) is 8.77. The van der Waals surface area contributed by atoms with Gasteiger partial charge in [-0.3, -0.25) is 9.59 Å². The molecule has 0 aliphatic carbocycles. The van der Waals surface area contributed by atoms with Crippen molar-refractivity contribution < 1.29 is 24.6 Å². The van der Waals surface area contributed by atoms with E-state index in [0.29, 0.717) is 0 Å². The molecule has 1 aliphatic heterocycles. The average molecular weight is 230 g/mol. The van der Waals surface area contributed by atoms with Crippen molar-refractivity contribution in [3.63, 3.8) is 0 Å². The van der Waals surface area contributed by atoms with E-state index < -0.39 is 29.9 Å². The van der Waals surface area contributed by atoms with Crippen LogP contribution in [-0.4, -0.2) is 46.7 Å². The average Bonchev–Trinajstić information content (AvgIpc) is 2.59. The van der Waals surface area contributed by atoms with Crippen LogP contribution in [0.5, 0.6) is 0 Å². The van der Waals surface area contributed by atoms with E-state index >= 15 is 0 Å². The molecule has 0 aromatic heterocycles. The summed E-state index contributed by atoms with van der Waals surface area (Å²) in [6.07, 6.45) is -1.13. The standard InChI is InChI=1S/C9H14N2O5/c1-4(12)7(9(15)16)11-8(14)5-2-6(13)10-3-5/h4-5,7,12H,2-3H2,1H3,(H,10,13)(H,11,14)(H,15,16)/t4-,5?,7+/m1/s1. The predicted molar refractivity (Wildman–Crippen MR) is 52.4 cm³/mol. The van der Waals surface area contributed by atoms with Crippen molar-refractivity contribution in [2.24, 2.45) is 5.92 Å². The van der Waals surface area contributed by atoms with Gasteiger partial charge in [-0.15, -0.1) is 0 Å². The Hall–Kier alpha value is -1.63. The summed E-state index contributed by atoms with van der Waals surface area (Å²) in [7, 11) is 0. The third-order valence-corrected chi connectivity index (χ3v) is 2.39. The monoisotopic (exact) mass is 230 g/mol. The number of carbonyl (C=O) groups excluding carboxylic acids is 2. The number of aliphatic carboxylic acids is 1. The topological polar surface area (TPSA) is 116 Å². The van der Waals surface area contributed by atoms with Crippen molar-refractivity contribution in [2.45, 2.75) is 25.5 Å². The molecule has 1 rings (SSSR count). The van der Waals surface area contributed by atoms with E-state index in [-0.39, 0.29) is 18.9 Å². The maximum Gasteiger partial charge on any atom is 0.328 e. The lowest BCUT2D eigenvalue weighted by Crippen LogP contribution is -2.49. The minimum atomic E-state index is -1.34. The maximum atomic E-state index is 11.5. The van der Waals surface area contributed by atoms with Crippen molar-refractivity contribution in [1.29, 1.82) is 0 Å². The molecule has 0 aromatic rings. The van der Waals surface area contributed by atoms with Crippen molar-refractivity contribution in [1.82, 2.24) is 10.6 Å². The Balaban J connectivity index is 2.55. The second-order valence-corrected chi connectivity index (χ2v) is 3.77.